The van der Waals surface area contributed by atoms with E-state index in [1.165, 1.54) is 12.1 Å². The third kappa shape index (κ3) is 5.00. The van der Waals surface area contributed by atoms with Crippen LogP contribution in [0.1, 0.15) is 43.0 Å². The van der Waals surface area contributed by atoms with Gasteiger partial charge >= 0.3 is 0 Å². The van der Waals surface area contributed by atoms with E-state index in [-0.39, 0.29) is 34.2 Å². The number of carbonyl (C=O) groups excluding carboxylic acids is 2. The van der Waals surface area contributed by atoms with Gasteiger partial charge in [-0.2, -0.15) is 0 Å². The minimum Gasteiger partial charge on any atom is -0.507 e. The Hall–Kier alpha value is -4.62. The van der Waals surface area contributed by atoms with E-state index in [9.17, 15) is 19.8 Å². The molecule has 160 valence electrons. The van der Waals surface area contributed by atoms with E-state index in [1.54, 1.807) is 72.8 Å². The molecule has 0 fully saturated rings. The SMILES string of the molecule is O=C(c1ccccc1)c1ccc(C#CCc2ccc(C(=O)c3ccccc3)c(O)c2)cc1O. The molecule has 0 spiro atoms. The van der Waals surface area contributed by atoms with Gasteiger partial charge < -0.3 is 10.2 Å². The molecular weight excluding hydrogens is 412 g/mol. The average molecular weight is 432 g/mol. The van der Waals surface area contributed by atoms with Gasteiger partial charge in [-0.3, -0.25) is 9.59 Å². The molecule has 0 aliphatic rings. The molecule has 0 radical (unpaired) electrons. The van der Waals surface area contributed by atoms with Crippen LogP contribution in [-0.4, -0.2) is 21.8 Å². The van der Waals surface area contributed by atoms with E-state index in [4.69, 9.17) is 0 Å². The molecule has 0 aromatic heterocycles. The Morgan fingerprint density at radius 3 is 1.67 bits per heavy atom. The molecule has 4 aromatic carbocycles. The zero-order chi connectivity index (χ0) is 23.2. The standard InChI is InChI=1S/C29H20O4/c30-26-18-20(14-16-24(26)28(32)22-10-3-1-4-11-22)8-7-9-21-15-17-25(27(31)19-21)29(33)23-12-5-2-6-13-23/h1-6,10-19,30-31H,8H2. The minimum atomic E-state index is -0.256. The molecule has 0 aliphatic heterocycles. The van der Waals surface area contributed by atoms with E-state index in [0.717, 1.165) is 5.56 Å². The van der Waals surface area contributed by atoms with Crippen molar-refractivity contribution in [1.29, 1.82) is 0 Å². The molecule has 33 heavy (non-hydrogen) atoms. The number of aromatic hydroxyl groups is 2. The molecule has 4 aromatic rings. The van der Waals surface area contributed by atoms with E-state index < -0.39 is 0 Å². The maximum Gasteiger partial charge on any atom is 0.196 e. The molecule has 4 rings (SSSR count). The van der Waals surface area contributed by atoms with Gasteiger partial charge in [0.15, 0.2) is 11.6 Å². The molecule has 0 heterocycles. The van der Waals surface area contributed by atoms with Crippen LogP contribution in [0.3, 0.4) is 0 Å². The van der Waals surface area contributed by atoms with Crippen molar-refractivity contribution in [2.45, 2.75) is 6.42 Å². The van der Waals surface area contributed by atoms with Crippen molar-refractivity contribution in [3.05, 3.63) is 130 Å². The van der Waals surface area contributed by atoms with Gasteiger partial charge in [0, 0.05) is 23.1 Å². The van der Waals surface area contributed by atoms with Crippen molar-refractivity contribution < 1.29 is 19.8 Å². The molecule has 4 nitrogen and oxygen atoms in total. The average Bonchev–Trinajstić information content (AvgIpc) is 2.84. The molecule has 0 saturated carbocycles. The van der Waals surface area contributed by atoms with E-state index in [2.05, 4.69) is 11.8 Å². The second-order valence-electron chi connectivity index (χ2n) is 7.45. The van der Waals surface area contributed by atoms with Crippen LogP contribution >= 0.6 is 0 Å². The summed E-state index contributed by atoms with van der Waals surface area (Å²) in [6, 6.07) is 27.1. The fourth-order valence-electron chi connectivity index (χ4n) is 3.42. The number of rotatable bonds is 5. The van der Waals surface area contributed by atoms with Gasteiger partial charge in [0.1, 0.15) is 11.5 Å². The second-order valence-corrected chi connectivity index (χ2v) is 7.45. The van der Waals surface area contributed by atoms with Gasteiger partial charge in [-0.1, -0.05) is 78.6 Å². The first-order valence-electron chi connectivity index (χ1n) is 10.4. The van der Waals surface area contributed by atoms with Crippen molar-refractivity contribution in [2.75, 3.05) is 0 Å². The molecule has 0 aliphatic carbocycles. The van der Waals surface area contributed by atoms with Crippen LogP contribution in [0.15, 0.2) is 97.1 Å². The van der Waals surface area contributed by atoms with Gasteiger partial charge in [0.05, 0.1) is 11.1 Å². The number of ketones is 2. The highest BCUT2D eigenvalue weighted by atomic mass is 16.3. The Balaban J connectivity index is 1.46. The maximum atomic E-state index is 12.5. The third-order valence-corrected chi connectivity index (χ3v) is 5.15. The molecule has 0 bridgehead atoms. The number of carbonyl (C=O) groups is 2. The lowest BCUT2D eigenvalue weighted by molar-refractivity contribution is 0.102. The summed E-state index contributed by atoms with van der Waals surface area (Å²) in [6.07, 6.45) is 0.346. The Labute approximate surface area is 191 Å². The Bertz CT molecular complexity index is 1380. The van der Waals surface area contributed by atoms with Crippen LogP contribution in [0.4, 0.5) is 0 Å². The van der Waals surface area contributed by atoms with E-state index in [0.29, 0.717) is 23.1 Å². The summed E-state index contributed by atoms with van der Waals surface area (Å²) in [5.74, 6) is 5.22. The summed E-state index contributed by atoms with van der Waals surface area (Å²) >= 11 is 0. The van der Waals surface area contributed by atoms with Crippen LogP contribution in [0.2, 0.25) is 0 Å². The molecule has 0 unspecified atom stereocenters. The Morgan fingerprint density at radius 2 is 1.15 bits per heavy atom. The first-order valence-corrected chi connectivity index (χ1v) is 10.4. The fraction of sp³-hybridized carbons (Fsp3) is 0.0345. The normalized spacial score (nSPS) is 10.2. The summed E-state index contributed by atoms with van der Waals surface area (Å²) in [6.45, 7) is 0. The van der Waals surface area contributed by atoms with Crippen LogP contribution < -0.4 is 0 Å². The first-order chi connectivity index (χ1) is 16.0. The maximum absolute atomic E-state index is 12.5. The highest BCUT2D eigenvalue weighted by Gasteiger charge is 2.14. The van der Waals surface area contributed by atoms with Crippen LogP contribution in [0.25, 0.3) is 0 Å². The predicted molar refractivity (Wildman–Crippen MR) is 127 cm³/mol. The number of phenols is 2. The monoisotopic (exact) mass is 432 g/mol. The molecular formula is C29H20O4. The van der Waals surface area contributed by atoms with Gasteiger partial charge in [-0.15, -0.1) is 0 Å². The van der Waals surface area contributed by atoms with Gasteiger partial charge in [-0.25, -0.2) is 0 Å². The van der Waals surface area contributed by atoms with E-state index >= 15 is 0 Å². The van der Waals surface area contributed by atoms with Gasteiger partial charge in [0.2, 0.25) is 0 Å². The largest absolute Gasteiger partial charge is 0.507 e. The zero-order valence-electron chi connectivity index (χ0n) is 17.7. The lowest BCUT2D eigenvalue weighted by atomic mass is 10.00. The second kappa shape index (κ2) is 9.67. The lowest BCUT2D eigenvalue weighted by Crippen LogP contribution is -2.01. The van der Waals surface area contributed by atoms with Crippen LogP contribution in [0, 0.1) is 11.8 Å². The lowest BCUT2D eigenvalue weighted by Gasteiger charge is -2.06. The number of benzene rings is 4. The molecule has 0 saturated heterocycles. The van der Waals surface area contributed by atoms with Gasteiger partial charge in [-0.05, 0) is 35.9 Å². The number of hydrogen-bond donors (Lipinski definition) is 2. The number of phenolic OH excluding ortho intramolecular Hbond substituents is 2. The third-order valence-electron chi connectivity index (χ3n) is 5.15. The Kier molecular flexibility index (Phi) is 6.33. The Morgan fingerprint density at radius 1 is 0.636 bits per heavy atom. The predicted octanol–water partition coefficient (Wildman–Crippen LogP) is 5.15. The number of hydrogen-bond acceptors (Lipinski definition) is 4. The smallest absolute Gasteiger partial charge is 0.196 e. The van der Waals surface area contributed by atoms with Crippen molar-refractivity contribution in [1.82, 2.24) is 0 Å². The van der Waals surface area contributed by atoms with Crippen molar-refractivity contribution in [3.8, 4) is 23.3 Å². The summed E-state index contributed by atoms with van der Waals surface area (Å²) < 4.78 is 0. The first kappa shape index (κ1) is 21.6. The van der Waals surface area contributed by atoms with Crippen molar-refractivity contribution in [3.63, 3.8) is 0 Å². The topological polar surface area (TPSA) is 74.6 Å². The molecule has 0 atom stereocenters. The highest BCUT2D eigenvalue weighted by molar-refractivity contribution is 6.11. The van der Waals surface area contributed by atoms with Crippen molar-refractivity contribution >= 4 is 11.6 Å². The summed E-state index contributed by atoms with van der Waals surface area (Å²) in [5, 5.41) is 20.6. The fourth-order valence-corrected chi connectivity index (χ4v) is 3.42. The molecule has 4 heteroatoms. The minimum absolute atomic E-state index is 0.0930. The van der Waals surface area contributed by atoms with Crippen molar-refractivity contribution in [2.24, 2.45) is 0 Å². The van der Waals surface area contributed by atoms with Gasteiger partial charge in [0.25, 0.3) is 0 Å². The highest BCUT2D eigenvalue weighted by Crippen LogP contribution is 2.23. The molecule has 0 amide bonds. The molecule has 2 N–H and O–H groups in total. The quantitative estimate of drug-likeness (QED) is 0.338. The zero-order valence-corrected chi connectivity index (χ0v) is 17.7. The summed E-state index contributed by atoms with van der Waals surface area (Å²) in [7, 11) is 0. The van der Waals surface area contributed by atoms with Crippen LogP contribution in [-0.2, 0) is 6.42 Å². The summed E-state index contributed by atoms with van der Waals surface area (Å²) in [5.41, 5.74) is 2.79. The van der Waals surface area contributed by atoms with Crippen LogP contribution in [0.5, 0.6) is 11.5 Å². The van der Waals surface area contributed by atoms with E-state index in [1.807, 2.05) is 12.1 Å². The summed E-state index contributed by atoms with van der Waals surface area (Å²) in [4.78, 5) is 25.1.